The van der Waals surface area contributed by atoms with Crippen molar-refractivity contribution in [2.45, 2.75) is 25.7 Å². The van der Waals surface area contributed by atoms with Gasteiger partial charge in [0.05, 0.1) is 6.42 Å². The lowest BCUT2D eigenvalue weighted by Gasteiger charge is -2.38. The van der Waals surface area contributed by atoms with Gasteiger partial charge in [-0.15, -0.1) is 0 Å². The summed E-state index contributed by atoms with van der Waals surface area (Å²) in [5, 5.41) is 3.60. The fourth-order valence-corrected chi connectivity index (χ4v) is 3.35. The molecule has 0 saturated carbocycles. The molecule has 3 rings (SSSR count). The first-order valence-electron chi connectivity index (χ1n) is 7.35. The first-order valence-corrected chi connectivity index (χ1v) is 7.73. The van der Waals surface area contributed by atoms with Crippen molar-refractivity contribution in [3.8, 4) is 0 Å². The molecule has 2 fully saturated rings. The van der Waals surface area contributed by atoms with E-state index in [2.05, 4.69) is 5.32 Å². The number of carbonyl (C=O) groups is 2. The lowest BCUT2D eigenvalue weighted by molar-refractivity contribution is -0.132. The number of carbonyl (C=O) groups excluding carboxylic acids is 2. The summed E-state index contributed by atoms with van der Waals surface area (Å²) < 4.78 is 0. The Morgan fingerprint density at radius 3 is 2.48 bits per heavy atom. The zero-order valence-corrected chi connectivity index (χ0v) is 12.7. The standard InChI is InChI=1S/C16H19ClN2O2/c17-13-3-1-12(2-4-13)9-15(21)19-7-5-16(6-8-19)10-14(20)18-11-16/h1-4H,5-11H2,(H,18,20). The molecule has 2 heterocycles. The summed E-state index contributed by atoms with van der Waals surface area (Å²) in [6.45, 7) is 2.27. The van der Waals surface area contributed by atoms with Crippen LogP contribution in [0, 0.1) is 5.41 Å². The topological polar surface area (TPSA) is 49.4 Å². The highest BCUT2D eigenvalue weighted by Gasteiger charge is 2.41. The molecule has 2 amide bonds. The second-order valence-electron chi connectivity index (χ2n) is 6.14. The number of likely N-dealkylation sites (tertiary alicyclic amines) is 1. The molecular formula is C16H19ClN2O2. The second-order valence-corrected chi connectivity index (χ2v) is 6.57. The first kappa shape index (κ1) is 14.4. The summed E-state index contributed by atoms with van der Waals surface area (Å²) in [6, 6.07) is 7.41. The summed E-state index contributed by atoms with van der Waals surface area (Å²) >= 11 is 5.85. The SMILES string of the molecule is O=C1CC2(CCN(C(=O)Cc3ccc(Cl)cc3)CC2)CN1. The molecule has 5 heteroatoms. The zero-order valence-electron chi connectivity index (χ0n) is 11.9. The zero-order chi connectivity index (χ0) is 14.9. The van der Waals surface area contributed by atoms with Crippen LogP contribution in [0.1, 0.15) is 24.8 Å². The van der Waals surface area contributed by atoms with Crippen LogP contribution in [0.25, 0.3) is 0 Å². The highest BCUT2D eigenvalue weighted by atomic mass is 35.5. The molecule has 0 bridgehead atoms. The predicted molar refractivity (Wildman–Crippen MR) is 81.0 cm³/mol. The van der Waals surface area contributed by atoms with E-state index >= 15 is 0 Å². The minimum Gasteiger partial charge on any atom is -0.356 e. The van der Waals surface area contributed by atoms with Crippen LogP contribution in [0.5, 0.6) is 0 Å². The molecule has 1 N–H and O–H groups in total. The third-order valence-corrected chi connectivity index (χ3v) is 4.89. The number of piperidine rings is 1. The number of amides is 2. The average molecular weight is 307 g/mol. The summed E-state index contributed by atoms with van der Waals surface area (Å²) in [5.74, 6) is 0.306. The van der Waals surface area contributed by atoms with Gasteiger partial charge in [-0.05, 0) is 36.0 Å². The van der Waals surface area contributed by atoms with Gasteiger partial charge in [0.25, 0.3) is 0 Å². The van der Waals surface area contributed by atoms with Gasteiger partial charge in [0.15, 0.2) is 0 Å². The lowest BCUT2D eigenvalue weighted by atomic mass is 9.77. The highest BCUT2D eigenvalue weighted by molar-refractivity contribution is 6.30. The fraction of sp³-hybridized carbons (Fsp3) is 0.500. The molecule has 0 radical (unpaired) electrons. The molecule has 0 atom stereocenters. The number of rotatable bonds is 2. The first-order chi connectivity index (χ1) is 10.1. The monoisotopic (exact) mass is 306 g/mol. The molecule has 0 aromatic heterocycles. The molecule has 1 spiro atoms. The maximum atomic E-state index is 12.3. The Hall–Kier alpha value is -1.55. The number of nitrogens with zero attached hydrogens (tertiary/aromatic N) is 1. The van der Waals surface area contributed by atoms with Gasteiger partial charge in [0.2, 0.25) is 11.8 Å². The van der Waals surface area contributed by atoms with E-state index in [0.29, 0.717) is 17.9 Å². The summed E-state index contributed by atoms with van der Waals surface area (Å²) in [5.41, 5.74) is 1.08. The molecule has 2 aliphatic heterocycles. The van der Waals surface area contributed by atoms with Gasteiger partial charge in [0, 0.05) is 31.1 Å². The Balaban J connectivity index is 1.55. The van der Waals surface area contributed by atoms with Crippen molar-refractivity contribution in [1.29, 1.82) is 0 Å². The number of nitrogens with one attached hydrogen (secondary N) is 1. The largest absolute Gasteiger partial charge is 0.356 e. The lowest BCUT2D eigenvalue weighted by Crippen LogP contribution is -2.44. The average Bonchev–Trinajstić information content (AvgIpc) is 2.83. The van der Waals surface area contributed by atoms with E-state index in [1.807, 2.05) is 29.2 Å². The van der Waals surface area contributed by atoms with Gasteiger partial charge >= 0.3 is 0 Å². The molecule has 112 valence electrons. The van der Waals surface area contributed by atoms with Crippen LogP contribution in [-0.2, 0) is 16.0 Å². The molecule has 2 saturated heterocycles. The van der Waals surface area contributed by atoms with Crippen LogP contribution < -0.4 is 5.32 Å². The number of halogens is 1. The minimum absolute atomic E-state index is 0.0914. The quantitative estimate of drug-likeness (QED) is 0.908. The summed E-state index contributed by atoms with van der Waals surface area (Å²) in [6.07, 6.45) is 2.86. The number of hydrogen-bond acceptors (Lipinski definition) is 2. The van der Waals surface area contributed by atoms with Gasteiger partial charge in [0.1, 0.15) is 0 Å². The van der Waals surface area contributed by atoms with E-state index in [1.54, 1.807) is 0 Å². The Labute approximate surface area is 129 Å². The number of hydrogen-bond donors (Lipinski definition) is 1. The molecule has 4 nitrogen and oxygen atoms in total. The fourth-order valence-electron chi connectivity index (χ4n) is 3.22. The molecule has 1 aromatic rings. The Morgan fingerprint density at radius 2 is 1.90 bits per heavy atom. The van der Waals surface area contributed by atoms with Crippen molar-refractivity contribution in [2.75, 3.05) is 19.6 Å². The van der Waals surface area contributed by atoms with Crippen LogP contribution in [0.2, 0.25) is 5.02 Å². The molecular weight excluding hydrogens is 288 g/mol. The Morgan fingerprint density at radius 1 is 1.24 bits per heavy atom. The maximum Gasteiger partial charge on any atom is 0.226 e. The van der Waals surface area contributed by atoms with Crippen molar-refractivity contribution in [2.24, 2.45) is 5.41 Å². The Bertz CT molecular complexity index is 548. The van der Waals surface area contributed by atoms with Crippen molar-refractivity contribution in [3.63, 3.8) is 0 Å². The predicted octanol–water partition coefficient (Wildman–Crippen LogP) is 2.01. The van der Waals surface area contributed by atoms with E-state index in [9.17, 15) is 9.59 Å². The molecule has 0 aliphatic carbocycles. The van der Waals surface area contributed by atoms with Crippen LogP contribution in [0.15, 0.2) is 24.3 Å². The van der Waals surface area contributed by atoms with Crippen LogP contribution in [0.3, 0.4) is 0 Å². The van der Waals surface area contributed by atoms with E-state index in [1.165, 1.54) is 0 Å². The molecule has 0 unspecified atom stereocenters. The molecule has 1 aromatic carbocycles. The minimum atomic E-state index is 0.0914. The summed E-state index contributed by atoms with van der Waals surface area (Å²) in [7, 11) is 0. The summed E-state index contributed by atoms with van der Waals surface area (Å²) in [4.78, 5) is 25.6. The molecule has 21 heavy (non-hydrogen) atoms. The maximum absolute atomic E-state index is 12.3. The normalized spacial score (nSPS) is 20.6. The van der Waals surface area contributed by atoms with Gasteiger partial charge in [-0.1, -0.05) is 23.7 Å². The Kier molecular flexibility index (Phi) is 3.89. The number of benzene rings is 1. The van der Waals surface area contributed by atoms with Crippen LogP contribution in [0.4, 0.5) is 0 Å². The van der Waals surface area contributed by atoms with Gasteiger partial charge < -0.3 is 10.2 Å². The van der Waals surface area contributed by atoms with E-state index in [-0.39, 0.29) is 17.2 Å². The second kappa shape index (κ2) is 5.68. The molecule has 2 aliphatic rings. The van der Waals surface area contributed by atoms with E-state index in [0.717, 1.165) is 38.0 Å². The van der Waals surface area contributed by atoms with Gasteiger partial charge in [-0.2, -0.15) is 0 Å². The van der Waals surface area contributed by atoms with Crippen molar-refractivity contribution in [3.05, 3.63) is 34.9 Å². The van der Waals surface area contributed by atoms with Gasteiger partial charge in [-0.3, -0.25) is 9.59 Å². The van der Waals surface area contributed by atoms with Crippen molar-refractivity contribution in [1.82, 2.24) is 10.2 Å². The van der Waals surface area contributed by atoms with Crippen molar-refractivity contribution >= 4 is 23.4 Å². The van der Waals surface area contributed by atoms with Gasteiger partial charge in [-0.25, -0.2) is 0 Å². The van der Waals surface area contributed by atoms with Crippen molar-refractivity contribution < 1.29 is 9.59 Å². The third kappa shape index (κ3) is 3.21. The van der Waals surface area contributed by atoms with Crippen LogP contribution >= 0.6 is 11.6 Å². The highest BCUT2D eigenvalue weighted by Crippen LogP contribution is 2.37. The van der Waals surface area contributed by atoms with Crippen LogP contribution in [-0.4, -0.2) is 36.3 Å². The smallest absolute Gasteiger partial charge is 0.226 e. The van der Waals surface area contributed by atoms with E-state index in [4.69, 9.17) is 11.6 Å². The van der Waals surface area contributed by atoms with E-state index < -0.39 is 0 Å². The third-order valence-electron chi connectivity index (χ3n) is 4.64.